The highest BCUT2D eigenvalue weighted by Gasteiger charge is 2.14. The van der Waals surface area contributed by atoms with Crippen LogP contribution in [0.1, 0.15) is 17.3 Å². The number of fused-ring (bicyclic) bond motifs is 1. The Bertz CT molecular complexity index is 504. The van der Waals surface area contributed by atoms with Crippen LogP contribution in [0.4, 0.5) is 5.69 Å². The number of carbonyl (C=O) groups excluding carboxylic acids is 1. The molecule has 15 heavy (non-hydrogen) atoms. The Balaban J connectivity index is 2.57. The second kappa shape index (κ2) is 3.61. The topological polar surface area (TPSA) is 81.0 Å². The number of benzene rings is 1. The fourth-order valence-corrected chi connectivity index (χ4v) is 1.43. The predicted molar refractivity (Wildman–Crippen MR) is 56.5 cm³/mol. The lowest BCUT2D eigenvalue weighted by Gasteiger charge is -2.03. The molecule has 1 aromatic heterocycles. The molecule has 2 rings (SSSR count). The molecule has 1 aromatic carbocycles. The van der Waals surface area contributed by atoms with Crippen molar-refractivity contribution in [2.75, 3.05) is 12.3 Å². The van der Waals surface area contributed by atoms with Gasteiger partial charge in [-0.15, -0.1) is 0 Å². The summed E-state index contributed by atoms with van der Waals surface area (Å²) in [6.45, 7) is 2.10. The van der Waals surface area contributed by atoms with Crippen molar-refractivity contribution in [3.05, 3.63) is 24.0 Å². The number of imidazole rings is 1. The van der Waals surface area contributed by atoms with Gasteiger partial charge < -0.3 is 15.5 Å². The zero-order chi connectivity index (χ0) is 10.8. The first-order valence-corrected chi connectivity index (χ1v) is 4.62. The molecule has 0 saturated carbocycles. The number of nitrogens with one attached hydrogen (secondary N) is 1. The van der Waals surface area contributed by atoms with E-state index in [4.69, 9.17) is 10.5 Å². The lowest BCUT2D eigenvalue weighted by Crippen LogP contribution is -2.05. The van der Waals surface area contributed by atoms with E-state index in [0.717, 1.165) is 0 Å². The van der Waals surface area contributed by atoms with Crippen LogP contribution >= 0.6 is 0 Å². The number of esters is 1. The molecule has 0 spiro atoms. The van der Waals surface area contributed by atoms with Gasteiger partial charge in [-0.2, -0.15) is 0 Å². The third-order valence-electron chi connectivity index (χ3n) is 2.11. The highest BCUT2D eigenvalue weighted by molar-refractivity contribution is 6.04. The van der Waals surface area contributed by atoms with Crippen molar-refractivity contribution in [3.63, 3.8) is 0 Å². The van der Waals surface area contributed by atoms with Crippen LogP contribution in [0.15, 0.2) is 18.5 Å². The largest absolute Gasteiger partial charge is 0.462 e. The Morgan fingerprint density at radius 3 is 3.13 bits per heavy atom. The standard InChI is InChI=1S/C10H11N3O2/c1-2-15-10(14)6-3-4-7(11)9-8(6)12-5-13-9/h3-5H,2,11H2,1H3,(H,12,13). The second-order valence-corrected chi connectivity index (χ2v) is 3.05. The van der Waals surface area contributed by atoms with Gasteiger partial charge in [-0.05, 0) is 19.1 Å². The summed E-state index contributed by atoms with van der Waals surface area (Å²) in [4.78, 5) is 18.5. The number of nitrogens with two attached hydrogens (primary N) is 1. The lowest BCUT2D eigenvalue weighted by molar-refractivity contribution is 0.0528. The number of aromatic nitrogens is 2. The Hall–Kier alpha value is -2.04. The van der Waals surface area contributed by atoms with E-state index in [-0.39, 0.29) is 5.97 Å². The van der Waals surface area contributed by atoms with E-state index in [1.807, 2.05) is 0 Å². The summed E-state index contributed by atoms with van der Waals surface area (Å²) in [5.41, 5.74) is 7.93. The van der Waals surface area contributed by atoms with Crippen LogP contribution in [0.3, 0.4) is 0 Å². The summed E-state index contributed by atoms with van der Waals surface area (Å²) in [5.74, 6) is -0.380. The van der Waals surface area contributed by atoms with Crippen molar-refractivity contribution >= 4 is 22.7 Å². The molecule has 0 radical (unpaired) electrons. The van der Waals surface area contributed by atoms with Crippen molar-refractivity contribution in [1.29, 1.82) is 0 Å². The molecule has 5 heteroatoms. The fourth-order valence-electron chi connectivity index (χ4n) is 1.43. The van der Waals surface area contributed by atoms with E-state index in [9.17, 15) is 4.79 Å². The molecule has 1 heterocycles. The minimum absolute atomic E-state index is 0.342. The van der Waals surface area contributed by atoms with E-state index in [2.05, 4.69) is 9.97 Å². The first-order valence-electron chi connectivity index (χ1n) is 4.62. The van der Waals surface area contributed by atoms with Gasteiger partial charge in [0.25, 0.3) is 0 Å². The molecule has 0 amide bonds. The molecular weight excluding hydrogens is 194 g/mol. The third-order valence-corrected chi connectivity index (χ3v) is 2.11. The van der Waals surface area contributed by atoms with Gasteiger partial charge in [-0.3, -0.25) is 0 Å². The quantitative estimate of drug-likeness (QED) is 0.572. The summed E-state index contributed by atoms with van der Waals surface area (Å²) in [6, 6.07) is 3.28. The van der Waals surface area contributed by atoms with E-state index in [1.165, 1.54) is 6.33 Å². The number of anilines is 1. The first-order chi connectivity index (χ1) is 7.24. The van der Waals surface area contributed by atoms with Gasteiger partial charge in [0.05, 0.1) is 29.7 Å². The van der Waals surface area contributed by atoms with Crippen LogP contribution in [0.25, 0.3) is 11.0 Å². The molecule has 0 aliphatic heterocycles. The number of hydrogen-bond acceptors (Lipinski definition) is 4. The Morgan fingerprint density at radius 1 is 1.60 bits per heavy atom. The maximum atomic E-state index is 11.6. The van der Waals surface area contributed by atoms with Crippen LogP contribution < -0.4 is 5.73 Å². The Morgan fingerprint density at radius 2 is 2.40 bits per heavy atom. The molecule has 0 aliphatic rings. The van der Waals surface area contributed by atoms with E-state index in [1.54, 1.807) is 19.1 Å². The first kappa shape index (κ1) is 9.51. The number of H-pyrrole nitrogens is 1. The zero-order valence-corrected chi connectivity index (χ0v) is 8.28. The normalized spacial score (nSPS) is 10.5. The molecule has 3 N–H and O–H groups in total. The summed E-state index contributed by atoms with van der Waals surface area (Å²) in [7, 11) is 0. The second-order valence-electron chi connectivity index (χ2n) is 3.05. The smallest absolute Gasteiger partial charge is 0.340 e. The molecule has 0 unspecified atom stereocenters. The molecule has 0 fully saturated rings. The lowest BCUT2D eigenvalue weighted by atomic mass is 10.1. The van der Waals surface area contributed by atoms with Crippen LogP contribution in [-0.4, -0.2) is 22.5 Å². The van der Waals surface area contributed by atoms with Gasteiger partial charge in [-0.1, -0.05) is 0 Å². The van der Waals surface area contributed by atoms with Crippen LogP contribution in [0.5, 0.6) is 0 Å². The fraction of sp³-hybridized carbons (Fsp3) is 0.200. The van der Waals surface area contributed by atoms with Crippen LogP contribution in [0, 0.1) is 0 Å². The number of ether oxygens (including phenoxy) is 1. The monoisotopic (exact) mass is 205 g/mol. The molecule has 0 bridgehead atoms. The molecule has 2 aromatic rings. The highest BCUT2D eigenvalue weighted by Crippen LogP contribution is 2.21. The number of aromatic amines is 1. The number of nitrogen functional groups attached to an aromatic ring is 1. The van der Waals surface area contributed by atoms with Gasteiger partial charge in [-0.25, -0.2) is 9.78 Å². The van der Waals surface area contributed by atoms with Crippen LogP contribution in [0.2, 0.25) is 0 Å². The summed E-state index contributed by atoms with van der Waals surface area (Å²) in [6.07, 6.45) is 1.50. The van der Waals surface area contributed by atoms with Gasteiger partial charge >= 0.3 is 5.97 Å². The SMILES string of the molecule is CCOC(=O)c1ccc(N)c2[nH]cnc12. The van der Waals surface area contributed by atoms with Crippen molar-refractivity contribution in [1.82, 2.24) is 9.97 Å². The zero-order valence-electron chi connectivity index (χ0n) is 8.28. The minimum Gasteiger partial charge on any atom is -0.462 e. The average Bonchev–Trinajstić information content (AvgIpc) is 2.68. The highest BCUT2D eigenvalue weighted by atomic mass is 16.5. The summed E-state index contributed by atoms with van der Waals surface area (Å²) < 4.78 is 4.91. The minimum atomic E-state index is -0.380. The average molecular weight is 205 g/mol. The molecule has 0 atom stereocenters. The number of hydrogen-bond donors (Lipinski definition) is 2. The Labute approximate surface area is 86.3 Å². The third kappa shape index (κ3) is 1.52. The van der Waals surface area contributed by atoms with Gasteiger partial charge in [0, 0.05) is 0 Å². The van der Waals surface area contributed by atoms with Crippen molar-refractivity contribution in [2.24, 2.45) is 0 Å². The van der Waals surface area contributed by atoms with E-state index < -0.39 is 0 Å². The maximum Gasteiger partial charge on any atom is 0.340 e. The van der Waals surface area contributed by atoms with Crippen LogP contribution in [-0.2, 0) is 4.74 Å². The number of nitrogens with zero attached hydrogens (tertiary/aromatic N) is 1. The van der Waals surface area contributed by atoms with E-state index in [0.29, 0.717) is 28.9 Å². The van der Waals surface area contributed by atoms with Crippen molar-refractivity contribution in [2.45, 2.75) is 6.92 Å². The van der Waals surface area contributed by atoms with Gasteiger partial charge in [0.1, 0.15) is 5.52 Å². The number of carbonyl (C=O) groups is 1. The van der Waals surface area contributed by atoms with Crippen molar-refractivity contribution < 1.29 is 9.53 Å². The summed E-state index contributed by atoms with van der Waals surface area (Å²) in [5, 5.41) is 0. The number of rotatable bonds is 2. The van der Waals surface area contributed by atoms with Crippen molar-refractivity contribution in [3.8, 4) is 0 Å². The molecule has 0 aliphatic carbocycles. The molecular formula is C10H11N3O2. The Kier molecular flexibility index (Phi) is 2.29. The van der Waals surface area contributed by atoms with E-state index >= 15 is 0 Å². The summed E-state index contributed by atoms with van der Waals surface area (Å²) >= 11 is 0. The van der Waals surface area contributed by atoms with Gasteiger partial charge in [0.2, 0.25) is 0 Å². The predicted octanol–water partition coefficient (Wildman–Crippen LogP) is 1.32. The van der Waals surface area contributed by atoms with Gasteiger partial charge in [0.15, 0.2) is 0 Å². The molecule has 5 nitrogen and oxygen atoms in total. The molecule has 78 valence electrons. The molecule has 0 saturated heterocycles. The maximum absolute atomic E-state index is 11.6.